The molecule has 204 valence electrons. The van der Waals surface area contributed by atoms with Crippen LogP contribution in [0.25, 0.3) is 16.9 Å². The average molecular weight is 560 g/mol. The van der Waals surface area contributed by atoms with Crippen LogP contribution in [0.4, 0.5) is 5.69 Å². The number of nitrogens with zero attached hydrogens (tertiary/aromatic N) is 4. The lowest BCUT2D eigenvalue weighted by atomic mass is 9.96. The third kappa shape index (κ3) is 5.42. The summed E-state index contributed by atoms with van der Waals surface area (Å²) in [6.07, 6.45) is 2.71. The number of rotatable bonds is 7. The van der Waals surface area contributed by atoms with E-state index in [-0.39, 0.29) is 6.04 Å². The number of nitrogens with one attached hydrogen (secondary N) is 1. The summed E-state index contributed by atoms with van der Waals surface area (Å²) in [7, 11) is 3.27. The van der Waals surface area contributed by atoms with Crippen LogP contribution in [0.15, 0.2) is 120 Å². The summed E-state index contributed by atoms with van der Waals surface area (Å²) in [4.78, 5) is 0. The smallest absolute Gasteiger partial charge is 0.194 e. The van der Waals surface area contributed by atoms with Gasteiger partial charge in [-0.05, 0) is 54.7 Å². The van der Waals surface area contributed by atoms with Crippen LogP contribution in [-0.2, 0) is 0 Å². The molecule has 1 atom stereocenters. The van der Waals surface area contributed by atoms with Gasteiger partial charge in [-0.2, -0.15) is 10.2 Å². The van der Waals surface area contributed by atoms with Gasteiger partial charge < -0.3 is 14.8 Å². The Morgan fingerprint density at radius 3 is 2.15 bits per heavy atom. The zero-order valence-electron chi connectivity index (χ0n) is 22.8. The van der Waals surface area contributed by atoms with Crippen LogP contribution in [0.1, 0.15) is 23.6 Å². The van der Waals surface area contributed by atoms with Gasteiger partial charge in [-0.15, -0.1) is 0 Å². The Hall–Kier alpha value is -4.95. The van der Waals surface area contributed by atoms with E-state index in [1.165, 1.54) is 0 Å². The number of methoxy groups -OCH3 is 2. The van der Waals surface area contributed by atoms with Crippen molar-refractivity contribution in [1.29, 1.82) is 0 Å². The zero-order chi connectivity index (χ0) is 28.2. The summed E-state index contributed by atoms with van der Waals surface area (Å²) in [6, 6.07) is 35.9. The van der Waals surface area contributed by atoms with E-state index in [1.54, 1.807) is 14.2 Å². The molecule has 5 aromatic rings. The van der Waals surface area contributed by atoms with E-state index < -0.39 is 0 Å². The molecule has 0 spiro atoms. The molecule has 0 amide bonds. The first-order valence-electron chi connectivity index (χ1n) is 13.3. The summed E-state index contributed by atoms with van der Waals surface area (Å²) >= 11 is 5.96. The second-order valence-corrected chi connectivity index (χ2v) is 9.94. The van der Waals surface area contributed by atoms with E-state index in [0.29, 0.717) is 23.0 Å². The van der Waals surface area contributed by atoms with Gasteiger partial charge in [0.1, 0.15) is 0 Å². The molecule has 6 rings (SSSR count). The lowest BCUT2D eigenvalue weighted by Crippen LogP contribution is -2.31. The maximum absolute atomic E-state index is 5.96. The van der Waals surface area contributed by atoms with Crippen LogP contribution in [0.3, 0.4) is 0 Å². The lowest BCUT2D eigenvalue weighted by molar-refractivity contribution is 0.355. The highest BCUT2D eigenvalue weighted by atomic mass is 32.1. The van der Waals surface area contributed by atoms with Crippen molar-refractivity contribution in [3.63, 3.8) is 0 Å². The summed E-state index contributed by atoms with van der Waals surface area (Å²) in [5.41, 5.74) is 6.64. The number of hydrogen-bond donors (Lipinski definition) is 1. The highest BCUT2D eigenvalue weighted by Crippen LogP contribution is 2.39. The Morgan fingerprint density at radius 2 is 1.46 bits per heavy atom. The van der Waals surface area contributed by atoms with Crippen LogP contribution in [0.2, 0.25) is 0 Å². The molecular weight excluding hydrogens is 530 g/mol. The van der Waals surface area contributed by atoms with Crippen molar-refractivity contribution >= 4 is 28.7 Å². The molecule has 2 heterocycles. The van der Waals surface area contributed by atoms with Gasteiger partial charge in [0.2, 0.25) is 0 Å². The lowest BCUT2D eigenvalue weighted by Gasteiger charge is -2.24. The van der Waals surface area contributed by atoms with Gasteiger partial charge in [0.25, 0.3) is 0 Å². The molecule has 0 fully saturated rings. The Morgan fingerprint density at radius 1 is 0.805 bits per heavy atom. The minimum absolute atomic E-state index is 0.200. The summed E-state index contributed by atoms with van der Waals surface area (Å²) < 4.78 is 13.0. The second kappa shape index (κ2) is 11.7. The zero-order valence-corrected chi connectivity index (χ0v) is 23.6. The summed E-state index contributed by atoms with van der Waals surface area (Å²) in [5, 5.41) is 15.9. The summed E-state index contributed by atoms with van der Waals surface area (Å²) in [6.45, 7) is 0. The molecule has 0 saturated heterocycles. The number of anilines is 1. The largest absolute Gasteiger partial charge is 0.493 e. The topological polar surface area (TPSA) is 63.9 Å². The Balaban J connectivity index is 1.45. The van der Waals surface area contributed by atoms with E-state index >= 15 is 0 Å². The van der Waals surface area contributed by atoms with Gasteiger partial charge in [0, 0.05) is 35.0 Å². The Labute approximate surface area is 244 Å². The fourth-order valence-corrected chi connectivity index (χ4v) is 5.28. The molecule has 1 aliphatic rings. The fourth-order valence-electron chi connectivity index (χ4n) is 5.00. The standard InChI is InChI=1S/C33H29N5O2S/c1-39-30-19-18-24(20-31(30)40-2)28-21-29(38(35-28)33(41)34-25-14-8-4-9-15-25)27-22-37(26-16-10-5-11-17-26)36-32(27)23-12-6-3-7-13-23/h3-20,22,29H,21H2,1-2H3,(H,34,41). The minimum atomic E-state index is -0.200. The summed E-state index contributed by atoms with van der Waals surface area (Å²) in [5.74, 6) is 1.31. The molecule has 1 unspecified atom stereocenters. The molecule has 1 aromatic heterocycles. The van der Waals surface area contributed by atoms with Crippen molar-refractivity contribution in [2.75, 3.05) is 19.5 Å². The van der Waals surface area contributed by atoms with Crippen LogP contribution in [-0.4, -0.2) is 39.8 Å². The number of thiocarbonyl (C=S) groups is 1. The van der Waals surface area contributed by atoms with Gasteiger partial charge in [-0.1, -0.05) is 66.7 Å². The maximum Gasteiger partial charge on any atom is 0.194 e. The molecule has 0 bridgehead atoms. The van der Waals surface area contributed by atoms with E-state index in [0.717, 1.165) is 39.5 Å². The van der Waals surface area contributed by atoms with Gasteiger partial charge >= 0.3 is 0 Å². The SMILES string of the molecule is COc1ccc(C2=NN(C(=S)Nc3ccccc3)C(c3cn(-c4ccccc4)nc3-c3ccccc3)C2)cc1OC. The predicted molar refractivity (Wildman–Crippen MR) is 167 cm³/mol. The molecule has 1 N–H and O–H groups in total. The molecule has 7 nitrogen and oxygen atoms in total. The Kier molecular flexibility index (Phi) is 7.47. The van der Waals surface area contributed by atoms with E-state index in [9.17, 15) is 0 Å². The van der Waals surface area contributed by atoms with Gasteiger partial charge in [-0.3, -0.25) is 0 Å². The number of ether oxygens (including phenoxy) is 2. The van der Waals surface area contributed by atoms with Crippen LogP contribution in [0, 0.1) is 0 Å². The van der Waals surface area contributed by atoms with E-state index in [4.69, 9.17) is 31.9 Å². The van der Waals surface area contributed by atoms with Crippen LogP contribution >= 0.6 is 12.2 Å². The van der Waals surface area contributed by atoms with Gasteiger partial charge in [0.05, 0.1) is 37.4 Å². The van der Waals surface area contributed by atoms with Gasteiger partial charge in [-0.25, -0.2) is 9.69 Å². The van der Waals surface area contributed by atoms with E-state index in [2.05, 4.69) is 23.6 Å². The van der Waals surface area contributed by atoms with E-state index in [1.807, 2.05) is 107 Å². The van der Waals surface area contributed by atoms with Crippen molar-refractivity contribution in [2.24, 2.45) is 5.10 Å². The maximum atomic E-state index is 5.96. The molecule has 4 aromatic carbocycles. The van der Waals surface area contributed by atoms with Crippen molar-refractivity contribution in [2.45, 2.75) is 12.5 Å². The molecule has 0 radical (unpaired) electrons. The first-order chi connectivity index (χ1) is 20.1. The Bertz CT molecular complexity index is 1690. The highest BCUT2D eigenvalue weighted by Gasteiger charge is 2.35. The molecular formula is C33H29N5O2S. The average Bonchev–Trinajstić information content (AvgIpc) is 3.68. The fraction of sp³-hybridized carbons (Fsp3) is 0.121. The highest BCUT2D eigenvalue weighted by molar-refractivity contribution is 7.80. The molecule has 0 saturated carbocycles. The van der Waals surface area contributed by atoms with Crippen LogP contribution in [0.5, 0.6) is 11.5 Å². The van der Waals surface area contributed by atoms with Crippen LogP contribution < -0.4 is 14.8 Å². The van der Waals surface area contributed by atoms with Crippen molar-refractivity contribution in [3.8, 4) is 28.4 Å². The second-order valence-electron chi connectivity index (χ2n) is 9.56. The number of aromatic nitrogens is 2. The third-order valence-corrected chi connectivity index (χ3v) is 7.32. The minimum Gasteiger partial charge on any atom is -0.493 e. The quantitative estimate of drug-likeness (QED) is 0.215. The predicted octanol–water partition coefficient (Wildman–Crippen LogP) is 7.10. The molecule has 8 heteroatoms. The van der Waals surface area contributed by atoms with Crippen molar-refractivity contribution in [3.05, 3.63) is 127 Å². The van der Waals surface area contributed by atoms with Gasteiger partial charge in [0.15, 0.2) is 16.6 Å². The van der Waals surface area contributed by atoms with Crippen molar-refractivity contribution < 1.29 is 9.47 Å². The number of hydrazone groups is 1. The van der Waals surface area contributed by atoms with Crippen molar-refractivity contribution in [1.82, 2.24) is 14.8 Å². The number of hydrogen-bond acceptors (Lipinski definition) is 5. The molecule has 0 aliphatic carbocycles. The molecule has 1 aliphatic heterocycles. The number of para-hydroxylation sites is 2. The molecule has 41 heavy (non-hydrogen) atoms. The monoisotopic (exact) mass is 559 g/mol. The first-order valence-corrected chi connectivity index (χ1v) is 13.7. The third-order valence-electron chi connectivity index (χ3n) is 7.03. The first kappa shape index (κ1) is 26.3. The normalized spacial score (nSPS) is 14.4. The number of benzene rings is 4.